The molecule has 0 aliphatic rings. The van der Waals surface area contributed by atoms with Crippen molar-refractivity contribution in [2.75, 3.05) is 5.73 Å². The predicted molar refractivity (Wildman–Crippen MR) is 75.7 cm³/mol. The monoisotopic (exact) mass is 359 g/mol. The summed E-state index contributed by atoms with van der Waals surface area (Å²) in [6.45, 7) is 1.94. The van der Waals surface area contributed by atoms with Crippen LogP contribution < -0.4 is 5.73 Å². The highest BCUT2D eigenvalue weighted by atomic mass is 127. The van der Waals surface area contributed by atoms with E-state index in [1.54, 1.807) is 6.07 Å². The zero-order valence-electron chi connectivity index (χ0n) is 9.60. The SMILES string of the molecule is Cc1nc(N)ccc1I.O=Cc1cncc(F)c1. The number of hydrogen-bond donors (Lipinski definition) is 1. The Morgan fingerprint density at radius 3 is 2.56 bits per heavy atom. The molecule has 0 fully saturated rings. The van der Waals surface area contributed by atoms with E-state index in [-0.39, 0.29) is 5.56 Å². The predicted octanol–water partition coefficient (Wildman–Crippen LogP) is 2.61. The molecule has 2 aromatic rings. The van der Waals surface area contributed by atoms with Gasteiger partial charge in [0.2, 0.25) is 0 Å². The number of pyridine rings is 2. The average molecular weight is 359 g/mol. The first-order valence-corrected chi connectivity index (χ1v) is 6.05. The third kappa shape index (κ3) is 4.74. The van der Waals surface area contributed by atoms with Crippen LogP contribution in [-0.2, 0) is 0 Å². The molecule has 4 nitrogen and oxygen atoms in total. The van der Waals surface area contributed by atoms with E-state index in [0.717, 1.165) is 21.5 Å². The fourth-order valence-electron chi connectivity index (χ4n) is 1.06. The normalized spacial score (nSPS) is 9.28. The lowest BCUT2D eigenvalue weighted by Crippen LogP contribution is -1.92. The van der Waals surface area contributed by atoms with E-state index in [9.17, 15) is 9.18 Å². The van der Waals surface area contributed by atoms with Crippen LogP contribution in [0.5, 0.6) is 0 Å². The van der Waals surface area contributed by atoms with Crippen molar-refractivity contribution in [3.8, 4) is 0 Å². The Hall–Kier alpha value is -1.57. The van der Waals surface area contributed by atoms with E-state index in [1.807, 2.05) is 13.0 Å². The summed E-state index contributed by atoms with van der Waals surface area (Å²) >= 11 is 2.22. The van der Waals surface area contributed by atoms with Gasteiger partial charge in [-0.3, -0.25) is 9.78 Å². The Morgan fingerprint density at radius 2 is 2.11 bits per heavy atom. The van der Waals surface area contributed by atoms with Crippen molar-refractivity contribution in [2.45, 2.75) is 6.92 Å². The first-order valence-electron chi connectivity index (χ1n) is 4.97. The van der Waals surface area contributed by atoms with Crippen LogP contribution in [-0.4, -0.2) is 16.3 Å². The smallest absolute Gasteiger partial charge is 0.151 e. The Bertz CT molecular complexity index is 549. The Labute approximate surface area is 118 Å². The van der Waals surface area contributed by atoms with Crippen molar-refractivity contribution in [2.24, 2.45) is 0 Å². The first kappa shape index (κ1) is 14.5. The number of hydrogen-bond acceptors (Lipinski definition) is 4. The molecule has 0 amide bonds. The maximum Gasteiger partial charge on any atom is 0.151 e. The van der Waals surface area contributed by atoms with Gasteiger partial charge in [0.05, 0.1) is 11.9 Å². The van der Waals surface area contributed by atoms with Gasteiger partial charge in [0, 0.05) is 15.3 Å². The zero-order chi connectivity index (χ0) is 13.5. The van der Waals surface area contributed by atoms with Crippen molar-refractivity contribution < 1.29 is 9.18 Å². The number of nitrogens with two attached hydrogens (primary N) is 1. The van der Waals surface area contributed by atoms with E-state index in [0.29, 0.717) is 12.1 Å². The van der Waals surface area contributed by atoms with Crippen molar-refractivity contribution in [1.82, 2.24) is 9.97 Å². The van der Waals surface area contributed by atoms with Gasteiger partial charge in [-0.05, 0) is 47.7 Å². The van der Waals surface area contributed by atoms with E-state index < -0.39 is 5.82 Å². The lowest BCUT2D eigenvalue weighted by molar-refractivity contribution is 0.112. The van der Waals surface area contributed by atoms with Gasteiger partial charge in [0.1, 0.15) is 11.6 Å². The molecular formula is C12H11FIN3O. The molecule has 0 atom stereocenters. The summed E-state index contributed by atoms with van der Waals surface area (Å²) in [5.41, 5.74) is 6.67. The lowest BCUT2D eigenvalue weighted by atomic mass is 10.3. The maximum absolute atomic E-state index is 12.1. The van der Waals surface area contributed by atoms with Crippen LogP contribution in [0.1, 0.15) is 16.1 Å². The fraction of sp³-hybridized carbons (Fsp3) is 0.0833. The summed E-state index contributed by atoms with van der Waals surface area (Å²) in [4.78, 5) is 17.4. The van der Waals surface area contributed by atoms with E-state index in [4.69, 9.17) is 5.73 Å². The number of carbonyl (C=O) groups is 1. The Kier molecular flexibility index (Phi) is 5.63. The van der Waals surface area contributed by atoms with Crippen LogP contribution in [0.3, 0.4) is 0 Å². The van der Waals surface area contributed by atoms with Crippen LogP contribution in [0.2, 0.25) is 0 Å². The number of aryl methyl sites for hydroxylation is 1. The molecule has 0 aliphatic carbocycles. The van der Waals surface area contributed by atoms with Crippen LogP contribution >= 0.6 is 22.6 Å². The summed E-state index contributed by atoms with van der Waals surface area (Å²) in [6, 6.07) is 4.88. The van der Waals surface area contributed by atoms with Crippen molar-refractivity contribution in [1.29, 1.82) is 0 Å². The number of halogens is 2. The molecule has 2 aromatic heterocycles. The molecule has 2 heterocycles. The number of aromatic nitrogens is 2. The molecule has 2 N–H and O–H groups in total. The number of aldehydes is 1. The fourth-order valence-corrected chi connectivity index (χ4v) is 1.36. The van der Waals surface area contributed by atoms with Gasteiger partial charge < -0.3 is 5.73 Å². The molecule has 0 aliphatic heterocycles. The minimum atomic E-state index is -0.486. The van der Waals surface area contributed by atoms with Crippen LogP contribution in [0.15, 0.2) is 30.6 Å². The largest absolute Gasteiger partial charge is 0.384 e. The standard InChI is InChI=1S/C6H4FNO.C6H7IN2/c7-6-1-5(4-9)2-8-3-6;1-4-5(7)2-3-6(8)9-4/h1-4H;2-3H,1H3,(H2,8,9). The number of anilines is 1. The molecule has 2 rings (SSSR count). The average Bonchev–Trinajstić information content (AvgIpc) is 2.35. The van der Waals surface area contributed by atoms with Crippen LogP contribution in [0.25, 0.3) is 0 Å². The second-order valence-corrected chi connectivity index (χ2v) is 4.52. The van der Waals surface area contributed by atoms with Crippen LogP contribution in [0.4, 0.5) is 10.2 Å². The van der Waals surface area contributed by atoms with Crippen LogP contribution in [0, 0.1) is 16.3 Å². The third-order valence-corrected chi connectivity index (χ3v) is 3.05. The van der Waals surface area contributed by atoms with E-state index >= 15 is 0 Å². The summed E-state index contributed by atoms with van der Waals surface area (Å²) in [6.07, 6.45) is 2.90. The highest BCUT2D eigenvalue weighted by Crippen LogP contribution is 2.09. The number of rotatable bonds is 1. The van der Waals surface area contributed by atoms with Gasteiger partial charge in [0.25, 0.3) is 0 Å². The lowest BCUT2D eigenvalue weighted by Gasteiger charge is -1.95. The summed E-state index contributed by atoms with van der Waals surface area (Å²) < 4.78 is 13.3. The molecule has 0 bridgehead atoms. The van der Waals surface area contributed by atoms with Gasteiger partial charge in [0.15, 0.2) is 6.29 Å². The van der Waals surface area contributed by atoms with Gasteiger partial charge in [-0.25, -0.2) is 9.37 Å². The Balaban J connectivity index is 0.000000180. The second-order valence-electron chi connectivity index (χ2n) is 3.36. The maximum atomic E-state index is 12.1. The molecule has 0 radical (unpaired) electrons. The molecule has 0 aromatic carbocycles. The molecule has 0 spiro atoms. The number of carbonyl (C=O) groups excluding carboxylic acids is 1. The minimum absolute atomic E-state index is 0.259. The number of nitrogens with zero attached hydrogens (tertiary/aromatic N) is 2. The molecule has 0 saturated heterocycles. The quantitative estimate of drug-likeness (QED) is 0.628. The summed E-state index contributed by atoms with van der Waals surface area (Å²) in [7, 11) is 0. The second kappa shape index (κ2) is 7.00. The highest BCUT2D eigenvalue weighted by Gasteiger charge is 1.93. The third-order valence-electron chi connectivity index (χ3n) is 1.90. The van der Waals surface area contributed by atoms with Gasteiger partial charge in [-0.1, -0.05) is 0 Å². The molecular weight excluding hydrogens is 348 g/mol. The number of nitrogen functional groups attached to an aromatic ring is 1. The van der Waals surface area contributed by atoms with Gasteiger partial charge >= 0.3 is 0 Å². The van der Waals surface area contributed by atoms with Crippen molar-refractivity contribution in [3.05, 3.63) is 51.2 Å². The van der Waals surface area contributed by atoms with Gasteiger partial charge in [-0.15, -0.1) is 0 Å². The van der Waals surface area contributed by atoms with E-state index in [2.05, 4.69) is 32.6 Å². The zero-order valence-corrected chi connectivity index (χ0v) is 11.8. The molecule has 0 saturated carbocycles. The summed E-state index contributed by atoms with van der Waals surface area (Å²) in [5, 5.41) is 0. The molecule has 94 valence electrons. The Morgan fingerprint density at radius 1 is 1.39 bits per heavy atom. The molecule has 18 heavy (non-hydrogen) atoms. The molecule has 6 heteroatoms. The summed E-state index contributed by atoms with van der Waals surface area (Å²) in [5.74, 6) is 0.104. The first-order chi connectivity index (χ1) is 8.52. The van der Waals surface area contributed by atoms with Gasteiger partial charge in [-0.2, -0.15) is 0 Å². The minimum Gasteiger partial charge on any atom is -0.384 e. The van der Waals surface area contributed by atoms with Crippen molar-refractivity contribution >= 4 is 34.7 Å². The molecule has 0 unspecified atom stereocenters. The van der Waals surface area contributed by atoms with Crippen molar-refractivity contribution in [3.63, 3.8) is 0 Å². The van der Waals surface area contributed by atoms with E-state index in [1.165, 1.54) is 6.20 Å². The highest BCUT2D eigenvalue weighted by molar-refractivity contribution is 14.1. The topological polar surface area (TPSA) is 68.9 Å².